The Bertz CT molecular complexity index is 868. The van der Waals surface area contributed by atoms with E-state index in [9.17, 15) is 13.5 Å². The number of aliphatic hydroxyl groups excluding tert-OH is 1. The van der Waals surface area contributed by atoms with Crippen LogP contribution >= 0.6 is 0 Å². The third kappa shape index (κ3) is 6.14. The molecule has 0 saturated carbocycles. The van der Waals surface area contributed by atoms with E-state index in [1.807, 2.05) is 12.1 Å². The van der Waals surface area contributed by atoms with Crippen LogP contribution in [0.2, 0.25) is 0 Å². The number of hydrogen-bond acceptors (Lipinski definition) is 6. The lowest BCUT2D eigenvalue weighted by atomic mass is 9.97. The third-order valence-electron chi connectivity index (χ3n) is 5.63. The van der Waals surface area contributed by atoms with E-state index >= 15 is 0 Å². The van der Waals surface area contributed by atoms with Gasteiger partial charge in [-0.05, 0) is 49.5 Å². The van der Waals surface area contributed by atoms with E-state index < -0.39 is 20.8 Å². The highest BCUT2D eigenvalue weighted by Gasteiger charge is 2.43. The number of aliphatic hydroxyl groups is 1. The Hall–Kier alpha value is -1.69. The summed E-state index contributed by atoms with van der Waals surface area (Å²) < 4.78 is 22.8. The predicted molar refractivity (Wildman–Crippen MR) is 116 cm³/mol. The van der Waals surface area contributed by atoms with E-state index in [2.05, 4.69) is 41.9 Å². The number of benzene rings is 1. The molecule has 0 bridgehead atoms. The second-order valence-electron chi connectivity index (χ2n) is 7.78. The molecular formula is C22H32N2O4S. The predicted octanol–water partition coefficient (Wildman–Crippen LogP) is 2.42. The van der Waals surface area contributed by atoms with E-state index in [-0.39, 0.29) is 6.42 Å². The number of nitrogens with one attached hydrogen (secondary N) is 1. The number of rotatable bonds is 8. The number of unbranched alkanes of at least 4 members (excludes halogenated alkanes) is 1. The minimum Gasteiger partial charge on any atom is -0.375 e. The molecule has 1 aliphatic rings. The van der Waals surface area contributed by atoms with Crippen molar-refractivity contribution in [2.75, 3.05) is 25.9 Å². The van der Waals surface area contributed by atoms with Crippen molar-refractivity contribution in [1.82, 2.24) is 10.4 Å². The molecule has 0 fully saturated rings. The fraction of sp³-hybridized carbons (Fsp3) is 0.545. The Kier molecular flexibility index (Phi) is 8.44. The largest absolute Gasteiger partial charge is 0.375 e. The van der Waals surface area contributed by atoms with Gasteiger partial charge in [-0.15, -0.1) is 0 Å². The first-order chi connectivity index (χ1) is 13.7. The fourth-order valence-electron chi connectivity index (χ4n) is 3.28. The highest BCUT2D eigenvalue weighted by atomic mass is 32.2. The van der Waals surface area contributed by atoms with E-state index in [1.165, 1.54) is 18.1 Å². The lowest BCUT2D eigenvalue weighted by molar-refractivity contribution is -0.0239. The monoisotopic (exact) mass is 420 g/mol. The maximum absolute atomic E-state index is 12.1. The molecule has 1 aromatic carbocycles. The summed E-state index contributed by atoms with van der Waals surface area (Å²) >= 11 is 0. The van der Waals surface area contributed by atoms with Gasteiger partial charge in [0.2, 0.25) is 0 Å². The quantitative estimate of drug-likeness (QED) is 0.340. The molecule has 0 aromatic heterocycles. The summed E-state index contributed by atoms with van der Waals surface area (Å²) in [6.07, 6.45) is 4.77. The van der Waals surface area contributed by atoms with Crippen LogP contribution in [0.15, 0.2) is 30.3 Å². The van der Waals surface area contributed by atoms with Gasteiger partial charge in [-0.25, -0.2) is 8.42 Å². The maximum atomic E-state index is 12.1. The molecule has 6 nitrogen and oxygen atoms in total. The van der Waals surface area contributed by atoms with Gasteiger partial charge in [-0.1, -0.05) is 37.0 Å². The van der Waals surface area contributed by atoms with Crippen molar-refractivity contribution >= 4 is 15.4 Å². The van der Waals surface area contributed by atoms with Crippen molar-refractivity contribution in [2.45, 2.75) is 50.5 Å². The summed E-state index contributed by atoms with van der Waals surface area (Å²) in [5.41, 5.74) is 5.17. The molecule has 1 aromatic rings. The van der Waals surface area contributed by atoms with Gasteiger partial charge >= 0.3 is 0 Å². The first-order valence-corrected chi connectivity index (χ1v) is 11.9. The molecule has 0 aliphatic carbocycles. The van der Waals surface area contributed by atoms with E-state index in [0.717, 1.165) is 44.2 Å². The molecular weight excluding hydrogens is 388 g/mol. The Balaban J connectivity index is 1.98. The summed E-state index contributed by atoms with van der Waals surface area (Å²) in [7, 11) is -3.57. The number of sulfone groups is 1. The van der Waals surface area contributed by atoms with Crippen LogP contribution in [-0.2, 0) is 9.84 Å². The first kappa shape index (κ1) is 23.6. The van der Waals surface area contributed by atoms with Gasteiger partial charge in [0.05, 0.1) is 0 Å². The lowest BCUT2D eigenvalue weighted by Crippen LogP contribution is -2.54. The maximum Gasteiger partial charge on any atom is 0.156 e. The first-order valence-electron chi connectivity index (χ1n) is 9.99. The van der Waals surface area contributed by atoms with Crippen molar-refractivity contribution < 1.29 is 18.7 Å². The van der Waals surface area contributed by atoms with Crippen LogP contribution in [-0.4, -0.2) is 60.5 Å². The van der Waals surface area contributed by atoms with Gasteiger partial charge in [0.1, 0.15) is 11.0 Å². The van der Waals surface area contributed by atoms with Crippen LogP contribution in [0.25, 0.3) is 5.57 Å². The van der Waals surface area contributed by atoms with Crippen molar-refractivity contribution in [3.63, 3.8) is 0 Å². The van der Waals surface area contributed by atoms with Crippen molar-refractivity contribution in [3.8, 4) is 11.8 Å². The Morgan fingerprint density at radius 3 is 2.52 bits per heavy atom. The third-order valence-corrected chi connectivity index (χ3v) is 7.75. The van der Waals surface area contributed by atoms with Gasteiger partial charge in [-0.2, -0.15) is 5.48 Å². The van der Waals surface area contributed by atoms with Crippen LogP contribution in [0.5, 0.6) is 0 Å². The number of hydroxylamine groups is 1. The van der Waals surface area contributed by atoms with Crippen LogP contribution in [0.3, 0.4) is 0 Å². The highest BCUT2D eigenvalue weighted by molar-refractivity contribution is 7.92. The summed E-state index contributed by atoms with van der Waals surface area (Å²) in [5, 5.41) is 19.0. The molecule has 160 valence electrons. The average molecular weight is 421 g/mol. The van der Waals surface area contributed by atoms with E-state index in [0.29, 0.717) is 6.54 Å². The van der Waals surface area contributed by atoms with E-state index in [1.54, 1.807) is 5.48 Å². The van der Waals surface area contributed by atoms with Crippen LogP contribution in [0, 0.1) is 11.8 Å². The van der Waals surface area contributed by atoms with Crippen molar-refractivity contribution in [1.29, 1.82) is 0 Å². The minimum atomic E-state index is -3.57. The van der Waals surface area contributed by atoms with Gasteiger partial charge in [0, 0.05) is 37.9 Å². The van der Waals surface area contributed by atoms with E-state index in [4.69, 9.17) is 5.21 Å². The summed E-state index contributed by atoms with van der Waals surface area (Å²) in [5.74, 6) is 6.32. The second-order valence-corrected chi connectivity index (χ2v) is 10.3. The molecule has 29 heavy (non-hydrogen) atoms. The summed E-state index contributed by atoms with van der Waals surface area (Å²) in [6, 6.07) is 8.29. The van der Waals surface area contributed by atoms with Gasteiger partial charge in [0.25, 0.3) is 0 Å². The summed E-state index contributed by atoms with van der Waals surface area (Å²) in [4.78, 5) is 2.15. The standard InChI is InChI=1S/C22H32N2O4S/c1-4-5-6-7-18-8-10-19(11-9-18)20-12-15-24(16-13-20)17-14-22(2,21(25)23-26)29(3,27)28/h8-12,21,23,25-26H,4-5,13-17H2,1-3H3. The highest BCUT2D eigenvalue weighted by Crippen LogP contribution is 2.27. The molecule has 0 saturated heterocycles. The van der Waals surface area contributed by atoms with Crippen LogP contribution < -0.4 is 5.48 Å². The zero-order chi connectivity index (χ0) is 21.5. The molecule has 2 atom stereocenters. The van der Waals surface area contributed by atoms with Crippen molar-refractivity contribution in [3.05, 3.63) is 41.5 Å². The smallest absolute Gasteiger partial charge is 0.156 e. The molecule has 2 rings (SSSR count). The van der Waals surface area contributed by atoms with Gasteiger partial charge in [-0.3, -0.25) is 4.90 Å². The fourth-order valence-corrected chi connectivity index (χ4v) is 4.20. The zero-order valence-electron chi connectivity index (χ0n) is 17.5. The molecule has 0 spiro atoms. The normalized spacial score (nSPS) is 18.3. The Labute approximate surface area is 174 Å². The van der Waals surface area contributed by atoms with Crippen LogP contribution in [0.4, 0.5) is 0 Å². The minimum absolute atomic E-state index is 0.217. The molecule has 1 heterocycles. The van der Waals surface area contributed by atoms with Crippen LogP contribution in [0.1, 0.15) is 50.7 Å². The number of nitrogens with zero attached hydrogens (tertiary/aromatic N) is 1. The molecule has 0 radical (unpaired) electrons. The second kappa shape index (κ2) is 10.4. The molecule has 1 aliphatic heterocycles. The molecule has 7 heteroatoms. The topological polar surface area (TPSA) is 89.9 Å². The SMILES string of the molecule is CCCC#Cc1ccc(C2=CCN(CCC(C)(C(O)NO)S(C)(=O)=O)CC2)cc1. The summed E-state index contributed by atoms with van der Waals surface area (Å²) in [6.45, 7) is 5.61. The Morgan fingerprint density at radius 1 is 1.31 bits per heavy atom. The molecule has 0 amide bonds. The number of hydrogen-bond donors (Lipinski definition) is 3. The zero-order valence-corrected chi connectivity index (χ0v) is 18.3. The van der Waals surface area contributed by atoms with Crippen molar-refractivity contribution in [2.24, 2.45) is 0 Å². The molecule has 2 unspecified atom stereocenters. The lowest BCUT2D eigenvalue weighted by Gasteiger charge is -2.34. The average Bonchev–Trinajstić information content (AvgIpc) is 2.71. The van der Waals surface area contributed by atoms with Gasteiger partial charge < -0.3 is 10.3 Å². The Morgan fingerprint density at radius 2 is 2.00 bits per heavy atom. The molecule has 3 N–H and O–H groups in total. The van der Waals surface area contributed by atoms with Gasteiger partial charge in [0.15, 0.2) is 9.84 Å².